The molecule has 0 aliphatic heterocycles. The van der Waals surface area contributed by atoms with Crippen molar-refractivity contribution in [2.45, 2.75) is 45.4 Å². The average Bonchev–Trinajstić information content (AvgIpc) is 2.45. The molecule has 0 fully saturated rings. The van der Waals surface area contributed by atoms with Crippen LogP contribution in [0.4, 0.5) is 0 Å². The zero-order valence-electron chi connectivity index (χ0n) is 13.8. The number of aliphatic hydroxyl groups excluding tert-OH is 1. The van der Waals surface area contributed by atoms with Crippen molar-refractivity contribution in [2.24, 2.45) is 0 Å². The summed E-state index contributed by atoms with van der Waals surface area (Å²) >= 11 is 0. The number of carboxylic acids is 2. The third-order valence-corrected chi connectivity index (χ3v) is 3.55. The van der Waals surface area contributed by atoms with E-state index in [4.69, 9.17) is 5.11 Å². The van der Waals surface area contributed by atoms with Crippen molar-refractivity contribution in [2.75, 3.05) is 26.4 Å². The van der Waals surface area contributed by atoms with Crippen molar-refractivity contribution in [3.05, 3.63) is 12.2 Å². The number of aliphatic carboxylic acids is 2. The first-order chi connectivity index (χ1) is 9.95. The van der Waals surface area contributed by atoms with Gasteiger partial charge in [0.25, 0.3) is 0 Å². The Hall–Kier alpha value is -0.803. The number of hydrogen-bond donors (Lipinski definition) is 2. The maximum Gasteiger partial charge on any atom is 1.00 e. The first-order valence-electron chi connectivity index (χ1n) is 7.48. The van der Waals surface area contributed by atoms with Gasteiger partial charge in [0, 0.05) is 12.4 Å². The molecule has 6 nitrogen and oxygen atoms in total. The maximum atomic E-state index is 10.7. The van der Waals surface area contributed by atoms with Gasteiger partial charge in [0.2, 0.25) is 0 Å². The van der Waals surface area contributed by atoms with Gasteiger partial charge in [-0.2, -0.15) is 0 Å². The van der Waals surface area contributed by atoms with Gasteiger partial charge in [0.1, 0.15) is 0 Å². The molecule has 1 atom stereocenters. The fraction of sp³-hybridized carbons (Fsp3) is 0.733. The standard InChI is InChI=1S/C15H27NO5.Li/c1-2-3-4-5-6-7-10-16(13-17,11-8-14(18)19)12-9-15(20)21;/h3-4,17H,2,5-13H2,1H3,(H-,18,19,20,21);/q;+1/b4-3+;. The summed E-state index contributed by atoms with van der Waals surface area (Å²) in [5.74, 6) is -2.11. The zero-order valence-corrected chi connectivity index (χ0v) is 13.8. The summed E-state index contributed by atoms with van der Waals surface area (Å²) in [6.07, 6.45) is 7.65. The van der Waals surface area contributed by atoms with Crippen LogP contribution in [-0.2, 0) is 9.59 Å². The molecule has 0 bridgehead atoms. The van der Waals surface area contributed by atoms with E-state index in [0.717, 1.165) is 25.7 Å². The SMILES string of the molecule is CC/C=C/CCCC[N+](CO)(CCC(=O)[O-])CCC(=O)O.[Li+]. The van der Waals surface area contributed by atoms with Gasteiger partial charge >= 0.3 is 24.8 Å². The molecule has 0 rings (SSSR count). The molecule has 1 unspecified atom stereocenters. The molecule has 0 saturated carbocycles. The molecule has 0 spiro atoms. The second-order valence-electron chi connectivity index (χ2n) is 5.30. The van der Waals surface area contributed by atoms with Crippen LogP contribution in [0.5, 0.6) is 0 Å². The number of nitrogens with zero attached hydrogens (tertiary/aromatic N) is 1. The Morgan fingerprint density at radius 3 is 2.23 bits per heavy atom. The minimum Gasteiger partial charge on any atom is -0.550 e. The summed E-state index contributed by atoms with van der Waals surface area (Å²) in [5.41, 5.74) is 0. The van der Waals surface area contributed by atoms with Crippen molar-refractivity contribution in [1.82, 2.24) is 0 Å². The Kier molecular flexibility index (Phi) is 14.8. The van der Waals surface area contributed by atoms with Gasteiger partial charge in [-0.1, -0.05) is 19.1 Å². The summed E-state index contributed by atoms with van der Waals surface area (Å²) in [7, 11) is 0. The molecule has 0 aromatic rings. The van der Waals surface area contributed by atoms with Crippen molar-refractivity contribution in [3.8, 4) is 0 Å². The quantitative estimate of drug-likeness (QED) is 0.129. The molecular weight excluding hydrogens is 281 g/mol. The van der Waals surface area contributed by atoms with Gasteiger partial charge < -0.3 is 24.6 Å². The van der Waals surface area contributed by atoms with Crippen molar-refractivity contribution in [3.63, 3.8) is 0 Å². The number of hydrogen-bond acceptors (Lipinski definition) is 4. The molecule has 0 aromatic carbocycles. The predicted octanol–water partition coefficient (Wildman–Crippen LogP) is -2.49. The maximum absolute atomic E-state index is 10.7. The van der Waals surface area contributed by atoms with E-state index >= 15 is 0 Å². The van der Waals surface area contributed by atoms with Crippen LogP contribution in [0.3, 0.4) is 0 Å². The Labute approximate surface area is 144 Å². The smallest absolute Gasteiger partial charge is 0.550 e. The molecule has 22 heavy (non-hydrogen) atoms. The van der Waals surface area contributed by atoms with Gasteiger partial charge in [0.15, 0.2) is 6.73 Å². The monoisotopic (exact) mass is 308 g/mol. The van der Waals surface area contributed by atoms with Gasteiger partial charge in [-0.05, 0) is 25.7 Å². The first-order valence-corrected chi connectivity index (χ1v) is 7.48. The van der Waals surface area contributed by atoms with Crippen molar-refractivity contribution < 1.29 is 48.3 Å². The second-order valence-corrected chi connectivity index (χ2v) is 5.30. The van der Waals surface area contributed by atoms with Gasteiger partial charge in [-0.3, -0.25) is 4.79 Å². The van der Waals surface area contributed by atoms with E-state index in [1.807, 2.05) is 0 Å². The van der Waals surface area contributed by atoms with Crippen LogP contribution in [0.2, 0.25) is 0 Å². The summed E-state index contributed by atoms with van der Waals surface area (Å²) in [4.78, 5) is 21.3. The molecule has 0 aliphatic rings. The minimum atomic E-state index is -1.17. The van der Waals surface area contributed by atoms with E-state index in [-0.39, 0.29) is 56.0 Å². The number of rotatable bonds is 13. The molecule has 0 amide bonds. The largest absolute Gasteiger partial charge is 1.00 e. The van der Waals surface area contributed by atoms with Crippen LogP contribution in [0.25, 0.3) is 0 Å². The summed E-state index contributed by atoms with van der Waals surface area (Å²) in [6, 6.07) is 0. The van der Waals surface area contributed by atoms with Gasteiger partial charge in [-0.25, -0.2) is 0 Å². The molecule has 0 saturated heterocycles. The number of carbonyl (C=O) groups excluding carboxylic acids is 1. The Bertz CT molecular complexity index is 329. The number of quaternary nitrogens is 1. The third kappa shape index (κ3) is 11.8. The van der Waals surface area contributed by atoms with E-state index in [9.17, 15) is 19.8 Å². The number of unbranched alkanes of at least 4 members (excludes halogenated alkanes) is 2. The van der Waals surface area contributed by atoms with Crippen molar-refractivity contribution in [1.29, 1.82) is 0 Å². The summed E-state index contributed by atoms with van der Waals surface area (Å²) in [5, 5.41) is 29.0. The second kappa shape index (κ2) is 13.8. The Morgan fingerprint density at radius 1 is 1.09 bits per heavy atom. The molecule has 2 N–H and O–H groups in total. The van der Waals surface area contributed by atoms with Gasteiger partial charge in [0.05, 0.1) is 26.1 Å². The minimum absolute atomic E-state index is 0. The molecule has 0 aromatic heterocycles. The Morgan fingerprint density at radius 2 is 1.73 bits per heavy atom. The summed E-state index contributed by atoms with van der Waals surface area (Å²) in [6.45, 7) is 2.85. The van der Waals surface area contributed by atoms with Crippen molar-refractivity contribution >= 4 is 11.9 Å². The normalized spacial score (nSPS) is 13.5. The molecule has 122 valence electrons. The van der Waals surface area contributed by atoms with E-state index in [1.54, 1.807) is 0 Å². The predicted molar refractivity (Wildman–Crippen MR) is 77.1 cm³/mol. The fourth-order valence-corrected chi connectivity index (χ4v) is 2.20. The van der Waals surface area contributed by atoms with E-state index in [1.165, 1.54) is 0 Å². The van der Waals surface area contributed by atoms with Crippen LogP contribution in [0, 0.1) is 0 Å². The van der Waals surface area contributed by atoms with Gasteiger partial charge in [-0.15, -0.1) is 0 Å². The van der Waals surface area contributed by atoms with E-state index in [2.05, 4.69) is 19.1 Å². The van der Waals surface area contributed by atoms with Crippen LogP contribution in [0.1, 0.15) is 45.4 Å². The molecule has 0 aliphatic carbocycles. The average molecular weight is 308 g/mol. The molecule has 7 heteroatoms. The number of carboxylic acid groups (broad SMARTS) is 2. The number of allylic oxidation sites excluding steroid dienone is 2. The van der Waals surface area contributed by atoms with Crippen LogP contribution in [0.15, 0.2) is 12.2 Å². The molecule has 0 radical (unpaired) electrons. The van der Waals surface area contributed by atoms with Crippen LogP contribution >= 0.6 is 0 Å². The van der Waals surface area contributed by atoms with E-state index in [0.29, 0.717) is 6.54 Å². The third-order valence-electron chi connectivity index (χ3n) is 3.55. The number of aliphatic hydroxyl groups is 1. The topological polar surface area (TPSA) is 97.7 Å². The van der Waals surface area contributed by atoms with Crippen LogP contribution < -0.4 is 24.0 Å². The Balaban J connectivity index is 0. The summed E-state index contributed by atoms with van der Waals surface area (Å²) < 4.78 is 0.109. The first kappa shape index (κ1) is 23.5. The van der Waals surface area contributed by atoms with Crippen LogP contribution in [-0.4, -0.2) is 53.0 Å². The molecular formula is C15H27LiNO5+. The van der Waals surface area contributed by atoms with E-state index < -0.39 is 11.9 Å². The zero-order chi connectivity index (χ0) is 16.1. The number of carbonyl (C=O) groups is 2. The fourth-order valence-electron chi connectivity index (χ4n) is 2.20. The molecule has 0 heterocycles.